The number of aliphatic hydroxyl groups excluding tert-OH is 1. The summed E-state index contributed by atoms with van der Waals surface area (Å²) in [5.41, 5.74) is 5.81. The highest BCUT2D eigenvalue weighted by molar-refractivity contribution is 7.11. The zero-order chi connectivity index (χ0) is 19.8. The van der Waals surface area contributed by atoms with Gasteiger partial charge >= 0.3 is 0 Å². The predicted molar refractivity (Wildman–Crippen MR) is 117 cm³/mol. The standard InChI is InChI=1S/C23H23N3OS/c1-14(2)16-8-10-18(11-9-16)26-12-20(27)21(22(26)24)23-25-19(13-28-23)17-6-4-15(3)5-7-17/h4-11,13-14,24,27H,12H2,1-3H3. The number of hydrogen-bond donors (Lipinski definition) is 2. The molecule has 0 unspecified atom stereocenters. The number of aryl methyl sites for hydroxylation is 1. The normalized spacial score (nSPS) is 14.4. The first-order valence-electron chi connectivity index (χ1n) is 9.35. The number of benzene rings is 2. The summed E-state index contributed by atoms with van der Waals surface area (Å²) in [4.78, 5) is 6.51. The van der Waals surface area contributed by atoms with E-state index >= 15 is 0 Å². The van der Waals surface area contributed by atoms with Crippen LogP contribution in [0.4, 0.5) is 5.69 Å². The minimum absolute atomic E-state index is 0.197. The van der Waals surface area contributed by atoms with Crippen molar-refractivity contribution < 1.29 is 5.11 Å². The zero-order valence-electron chi connectivity index (χ0n) is 16.2. The average Bonchev–Trinajstić information content (AvgIpc) is 3.27. The lowest BCUT2D eigenvalue weighted by atomic mass is 10.0. The SMILES string of the molecule is Cc1ccc(-c2csc(C3=C(O)CN(c4ccc(C(C)C)cc4)C3=N)n2)cc1. The van der Waals surface area contributed by atoms with Gasteiger partial charge in [0.05, 0.1) is 17.8 Å². The molecule has 2 N–H and O–H groups in total. The van der Waals surface area contributed by atoms with E-state index in [-0.39, 0.29) is 5.76 Å². The molecular formula is C23H23N3OS. The van der Waals surface area contributed by atoms with Gasteiger partial charge in [-0.2, -0.15) is 0 Å². The first-order chi connectivity index (χ1) is 13.4. The maximum atomic E-state index is 10.6. The third-order valence-electron chi connectivity index (χ3n) is 5.04. The molecule has 28 heavy (non-hydrogen) atoms. The molecule has 4 rings (SSSR count). The van der Waals surface area contributed by atoms with Crippen LogP contribution in [0.1, 0.15) is 35.9 Å². The summed E-state index contributed by atoms with van der Waals surface area (Å²) in [5.74, 6) is 0.951. The van der Waals surface area contributed by atoms with Gasteiger partial charge in [-0.15, -0.1) is 11.3 Å². The minimum Gasteiger partial charge on any atom is -0.510 e. The Hall–Kier alpha value is -2.92. The Morgan fingerprint density at radius 2 is 1.75 bits per heavy atom. The summed E-state index contributed by atoms with van der Waals surface area (Å²) in [6, 6.07) is 16.4. The van der Waals surface area contributed by atoms with Crippen molar-refractivity contribution in [3.05, 3.63) is 75.8 Å². The van der Waals surface area contributed by atoms with Crippen molar-refractivity contribution >= 4 is 28.4 Å². The highest BCUT2D eigenvalue weighted by Crippen LogP contribution is 2.34. The van der Waals surface area contributed by atoms with Crippen LogP contribution in [-0.2, 0) is 0 Å². The lowest BCUT2D eigenvalue weighted by Gasteiger charge is -2.19. The molecular weight excluding hydrogens is 366 g/mol. The fourth-order valence-electron chi connectivity index (χ4n) is 3.31. The van der Waals surface area contributed by atoms with Crippen molar-refractivity contribution in [2.45, 2.75) is 26.7 Å². The second-order valence-corrected chi connectivity index (χ2v) is 8.26. The molecule has 3 aromatic rings. The maximum Gasteiger partial charge on any atom is 0.139 e. The first-order valence-corrected chi connectivity index (χ1v) is 10.2. The molecule has 0 saturated carbocycles. The van der Waals surface area contributed by atoms with Gasteiger partial charge in [-0.1, -0.05) is 55.8 Å². The number of thiazole rings is 1. The molecule has 4 nitrogen and oxygen atoms in total. The van der Waals surface area contributed by atoms with Gasteiger partial charge in [-0.25, -0.2) is 4.98 Å². The molecule has 0 saturated heterocycles. The van der Waals surface area contributed by atoms with E-state index in [1.807, 2.05) is 34.5 Å². The number of anilines is 1. The summed E-state index contributed by atoms with van der Waals surface area (Å²) >= 11 is 1.46. The highest BCUT2D eigenvalue weighted by atomic mass is 32.1. The van der Waals surface area contributed by atoms with Gasteiger partial charge in [0.2, 0.25) is 0 Å². The monoisotopic (exact) mass is 389 g/mol. The number of nitrogens with zero attached hydrogens (tertiary/aromatic N) is 2. The van der Waals surface area contributed by atoms with Crippen molar-refractivity contribution in [2.75, 3.05) is 11.4 Å². The number of rotatable bonds is 4. The number of nitrogens with one attached hydrogen (secondary N) is 1. The lowest BCUT2D eigenvalue weighted by molar-refractivity contribution is 0.411. The summed E-state index contributed by atoms with van der Waals surface area (Å²) in [6.07, 6.45) is 0. The van der Waals surface area contributed by atoms with Crippen molar-refractivity contribution in [3.63, 3.8) is 0 Å². The van der Waals surface area contributed by atoms with E-state index in [1.165, 1.54) is 22.5 Å². The van der Waals surface area contributed by atoms with Crippen LogP contribution in [0.25, 0.3) is 16.8 Å². The Labute approximate surface area is 169 Å². The smallest absolute Gasteiger partial charge is 0.139 e. The molecule has 2 heterocycles. The fraction of sp³-hybridized carbons (Fsp3) is 0.217. The second kappa shape index (κ2) is 7.24. The quantitative estimate of drug-likeness (QED) is 0.574. The molecule has 1 aliphatic heterocycles. The number of amidine groups is 1. The van der Waals surface area contributed by atoms with Crippen LogP contribution in [0.15, 0.2) is 59.7 Å². The van der Waals surface area contributed by atoms with E-state index in [0.717, 1.165) is 16.9 Å². The molecule has 0 fully saturated rings. The summed E-state index contributed by atoms with van der Waals surface area (Å²) in [7, 11) is 0. The topological polar surface area (TPSA) is 60.2 Å². The molecule has 142 valence electrons. The minimum atomic E-state index is 0.197. The van der Waals surface area contributed by atoms with E-state index in [0.29, 0.717) is 28.9 Å². The second-order valence-electron chi connectivity index (χ2n) is 7.41. The van der Waals surface area contributed by atoms with Crippen LogP contribution in [0.2, 0.25) is 0 Å². The van der Waals surface area contributed by atoms with E-state index in [4.69, 9.17) is 10.4 Å². The van der Waals surface area contributed by atoms with Crippen molar-refractivity contribution in [3.8, 4) is 11.3 Å². The maximum absolute atomic E-state index is 10.6. The third-order valence-corrected chi connectivity index (χ3v) is 5.90. The largest absolute Gasteiger partial charge is 0.510 e. The molecule has 0 atom stereocenters. The van der Waals surface area contributed by atoms with Gasteiger partial charge in [-0.3, -0.25) is 5.41 Å². The Balaban J connectivity index is 1.60. The van der Waals surface area contributed by atoms with Crippen LogP contribution in [0.5, 0.6) is 0 Å². The van der Waals surface area contributed by atoms with Crippen molar-refractivity contribution in [1.82, 2.24) is 4.98 Å². The summed E-state index contributed by atoms with van der Waals surface area (Å²) < 4.78 is 0. The van der Waals surface area contributed by atoms with Crippen molar-refractivity contribution in [1.29, 1.82) is 5.41 Å². The molecule has 2 aromatic carbocycles. The third kappa shape index (κ3) is 3.34. The van der Waals surface area contributed by atoms with Gasteiger partial charge in [0, 0.05) is 16.6 Å². The van der Waals surface area contributed by atoms with Gasteiger partial charge in [0.15, 0.2) is 0 Å². The molecule has 0 bridgehead atoms. The molecule has 1 aliphatic rings. The molecule has 0 aliphatic carbocycles. The van der Waals surface area contributed by atoms with Crippen LogP contribution < -0.4 is 4.90 Å². The molecule has 0 spiro atoms. The molecule has 0 amide bonds. The van der Waals surface area contributed by atoms with Gasteiger partial charge in [0.25, 0.3) is 0 Å². The predicted octanol–water partition coefficient (Wildman–Crippen LogP) is 6.01. The van der Waals surface area contributed by atoms with E-state index < -0.39 is 0 Å². The Bertz CT molecular complexity index is 1050. The van der Waals surface area contributed by atoms with Crippen LogP contribution in [0, 0.1) is 12.3 Å². The Morgan fingerprint density at radius 1 is 1.07 bits per heavy atom. The Kier molecular flexibility index (Phi) is 4.77. The highest BCUT2D eigenvalue weighted by Gasteiger charge is 2.31. The first kappa shape index (κ1) is 18.4. The van der Waals surface area contributed by atoms with E-state index in [9.17, 15) is 5.11 Å². The lowest BCUT2D eigenvalue weighted by Crippen LogP contribution is -2.26. The number of aromatic nitrogens is 1. The molecule has 0 radical (unpaired) electrons. The van der Waals surface area contributed by atoms with E-state index in [2.05, 4.69) is 45.0 Å². The van der Waals surface area contributed by atoms with Gasteiger partial charge in [-0.05, 0) is 30.5 Å². The van der Waals surface area contributed by atoms with Crippen LogP contribution >= 0.6 is 11.3 Å². The number of hydrogen-bond acceptors (Lipinski definition) is 4. The van der Waals surface area contributed by atoms with Gasteiger partial charge in [0.1, 0.15) is 16.6 Å². The zero-order valence-corrected chi connectivity index (χ0v) is 17.0. The van der Waals surface area contributed by atoms with Crippen LogP contribution in [-0.4, -0.2) is 22.5 Å². The molecule has 5 heteroatoms. The summed E-state index contributed by atoms with van der Waals surface area (Å²) in [5, 5.41) is 21.9. The van der Waals surface area contributed by atoms with Gasteiger partial charge < -0.3 is 10.0 Å². The van der Waals surface area contributed by atoms with E-state index in [1.54, 1.807) is 0 Å². The summed E-state index contributed by atoms with van der Waals surface area (Å²) in [6.45, 7) is 6.68. The fourth-order valence-corrected chi connectivity index (χ4v) is 4.20. The number of aliphatic hydroxyl groups is 1. The Morgan fingerprint density at radius 3 is 2.39 bits per heavy atom. The molecule has 1 aromatic heterocycles. The average molecular weight is 390 g/mol. The van der Waals surface area contributed by atoms with Crippen LogP contribution in [0.3, 0.4) is 0 Å². The van der Waals surface area contributed by atoms with Crippen molar-refractivity contribution in [2.24, 2.45) is 0 Å².